The van der Waals surface area contributed by atoms with Crippen molar-refractivity contribution in [3.05, 3.63) is 0 Å². The van der Waals surface area contributed by atoms with Crippen LogP contribution in [0.4, 0.5) is 4.79 Å². The van der Waals surface area contributed by atoms with Gasteiger partial charge in [0.15, 0.2) is 5.96 Å². The number of carbonyl (C=O) groups excluding carboxylic acids is 1. The molecule has 0 aromatic rings. The van der Waals surface area contributed by atoms with Gasteiger partial charge in [0.05, 0.1) is 25.8 Å². The molecule has 2 N–H and O–H groups in total. The van der Waals surface area contributed by atoms with Crippen molar-refractivity contribution in [2.45, 2.75) is 58.7 Å². The number of ether oxygens (including phenoxy) is 2. The fraction of sp³-hybridized carbons (Fsp3) is 0.895. The molecule has 8 heteroatoms. The third-order valence-corrected chi connectivity index (χ3v) is 4.72. The van der Waals surface area contributed by atoms with E-state index in [1.165, 1.54) is 0 Å². The van der Waals surface area contributed by atoms with Crippen LogP contribution in [-0.4, -0.2) is 92.0 Å². The first-order chi connectivity index (χ1) is 12.8. The Labute approximate surface area is 163 Å². The van der Waals surface area contributed by atoms with Gasteiger partial charge >= 0.3 is 6.09 Å². The zero-order chi connectivity index (χ0) is 19.9. The lowest BCUT2D eigenvalue weighted by molar-refractivity contribution is 0.0220. The molecule has 1 amide bonds. The number of hydrogen-bond donors (Lipinski definition) is 2. The van der Waals surface area contributed by atoms with Gasteiger partial charge in [0, 0.05) is 38.8 Å². The van der Waals surface area contributed by atoms with Crippen LogP contribution in [0.25, 0.3) is 0 Å². The molecule has 0 saturated carbocycles. The summed E-state index contributed by atoms with van der Waals surface area (Å²) >= 11 is 0. The molecule has 2 heterocycles. The Bertz CT molecular complexity index is 500. The number of aliphatic imine (C=N–C) groups is 1. The number of nitrogens with zero attached hydrogens (tertiary/aromatic N) is 3. The Morgan fingerprint density at radius 3 is 2.63 bits per heavy atom. The molecule has 2 saturated heterocycles. The fourth-order valence-electron chi connectivity index (χ4n) is 3.32. The lowest BCUT2D eigenvalue weighted by Gasteiger charge is -2.31. The first kappa shape index (κ1) is 21.8. The average Bonchev–Trinajstić information content (AvgIpc) is 3.05. The number of hydrogen-bond acceptors (Lipinski definition) is 5. The number of rotatable bonds is 5. The average molecular weight is 384 g/mol. The number of guanidine groups is 1. The number of nitrogens with one attached hydrogen (secondary N) is 2. The first-order valence-corrected chi connectivity index (χ1v) is 10.1. The molecule has 0 aromatic carbocycles. The van der Waals surface area contributed by atoms with Crippen molar-refractivity contribution in [1.29, 1.82) is 0 Å². The Morgan fingerprint density at radius 1 is 1.30 bits per heavy atom. The van der Waals surface area contributed by atoms with Crippen LogP contribution in [0.2, 0.25) is 0 Å². The number of morpholine rings is 1. The summed E-state index contributed by atoms with van der Waals surface area (Å²) in [6.45, 7) is 16.7. The predicted molar refractivity (Wildman–Crippen MR) is 107 cm³/mol. The normalized spacial score (nSPS) is 23.2. The minimum Gasteiger partial charge on any atom is -0.444 e. The van der Waals surface area contributed by atoms with Crippen molar-refractivity contribution in [1.82, 2.24) is 20.4 Å². The van der Waals surface area contributed by atoms with E-state index in [1.807, 2.05) is 20.8 Å². The molecule has 8 nitrogen and oxygen atoms in total. The summed E-state index contributed by atoms with van der Waals surface area (Å²) in [6.07, 6.45) is 0.542. The zero-order valence-corrected chi connectivity index (χ0v) is 17.6. The van der Waals surface area contributed by atoms with Gasteiger partial charge < -0.3 is 25.0 Å². The summed E-state index contributed by atoms with van der Waals surface area (Å²) in [6, 6.07) is 0.473. The van der Waals surface area contributed by atoms with Gasteiger partial charge in [-0.05, 0) is 41.0 Å². The highest BCUT2D eigenvalue weighted by Gasteiger charge is 2.28. The van der Waals surface area contributed by atoms with Crippen molar-refractivity contribution in [2.75, 3.05) is 52.5 Å². The summed E-state index contributed by atoms with van der Waals surface area (Å²) in [5.41, 5.74) is -0.478. The molecule has 2 aliphatic rings. The molecule has 2 rings (SSSR count). The van der Waals surface area contributed by atoms with Gasteiger partial charge in [0.1, 0.15) is 5.60 Å². The molecule has 2 aliphatic heterocycles. The highest BCUT2D eigenvalue weighted by molar-refractivity contribution is 5.80. The van der Waals surface area contributed by atoms with Crippen LogP contribution >= 0.6 is 0 Å². The van der Waals surface area contributed by atoms with Crippen molar-refractivity contribution < 1.29 is 14.3 Å². The highest BCUT2D eigenvalue weighted by Crippen LogP contribution is 2.12. The van der Waals surface area contributed by atoms with Crippen LogP contribution in [0.1, 0.15) is 41.0 Å². The molecule has 0 radical (unpaired) electrons. The van der Waals surface area contributed by atoms with E-state index in [1.54, 1.807) is 0 Å². The molecule has 0 aromatic heterocycles. The van der Waals surface area contributed by atoms with Gasteiger partial charge in [-0.2, -0.15) is 0 Å². The second-order valence-electron chi connectivity index (χ2n) is 8.27. The van der Waals surface area contributed by atoms with Crippen molar-refractivity contribution in [3.8, 4) is 0 Å². The maximum atomic E-state index is 12.0. The minimum absolute atomic E-state index is 0.0837. The Hall–Kier alpha value is -1.54. The van der Waals surface area contributed by atoms with E-state index in [0.29, 0.717) is 6.04 Å². The molecular weight excluding hydrogens is 346 g/mol. The topological polar surface area (TPSA) is 78.4 Å². The fourth-order valence-corrected chi connectivity index (χ4v) is 3.32. The SMILES string of the molecule is CCNC(=NCC(C)N1CCOCC1)N1CCC(NC(=O)OC(C)(C)C)C1. The number of carbonyl (C=O) groups is 1. The van der Waals surface area contributed by atoms with Crippen molar-refractivity contribution >= 4 is 12.1 Å². The van der Waals surface area contributed by atoms with E-state index in [4.69, 9.17) is 14.5 Å². The van der Waals surface area contributed by atoms with E-state index in [-0.39, 0.29) is 12.1 Å². The van der Waals surface area contributed by atoms with Gasteiger partial charge in [-0.1, -0.05) is 0 Å². The predicted octanol–water partition coefficient (Wildman–Crippen LogP) is 1.27. The molecule has 0 aliphatic carbocycles. The molecule has 2 unspecified atom stereocenters. The summed E-state index contributed by atoms with van der Waals surface area (Å²) in [7, 11) is 0. The van der Waals surface area contributed by atoms with Crippen LogP contribution < -0.4 is 10.6 Å². The number of alkyl carbamates (subject to hydrolysis) is 1. The number of likely N-dealkylation sites (tertiary alicyclic amines) is 1. The summed E-state index contributed by atoms with van der Waals surface area (Å²) < 4.78 is 10.8. The largest absolute Gasteiger partial charge is 0.444 e. The number of amides is 1. The van der Waals surface area contributed by atoms with Gasteiger partial charge in [0.25, 0.3) is 0 Å². The maximum absolute atomic E-state index is 12.0. The summed E-state index contributed by atoms with van der Waals surface area (Å²) in [5.74, 6) is 0.922. The van der Waals surface area contributed by atoms with Crippen LogP contribution in [0.15, 0.2) is 4.99 Å². The van der Waals surface area contributed by atoms with E-state index < -0.39 is 5.60 Å². The smallest absolute Gasteiger partial charge is 0.407 e. The quantitative estimate of drug-likeness (QED) is 0.550. The zero-order valence-electron chi connectivity index (χ0n) is 17.6. The second kappa shape index (κ2) is 10.1. The first-order valence-electron chi connectivity index (χ1n) is 10.1. The van der Waals surface area contributed by atoms with Crippen molar-refractivity contribution in [2.24, 2.45) is 4.99 Å². The summed E-state index contributed by atoms with van der Waals surface area (Å²) in [4.78, 5) is 21.5. The third kappa shape index (κ3) is 7.54. The Morgan fingerprint density at radius 2 is 2.00 bits per heavy atom. The van der Waals surface area contributed by atoms with E-state index >= 15 is 0 Å². The van der Waals surface area contributed by atoms with Crippen LogP contribution in [0.3, 0.4) is 0 Å². The Kier molecular flexibility index (Phi) is 8.16. The van der Waals surface area contributed by atoms with Gasteiger partial charge in [-0.15, -0.1) is 0 Å². The monoisotopic (exact) mass is 383 g/mol. The molecule has 2 atom stereocenters. The molecule has 0 bridgehead atoms. The van der Waals surface area contributed by atoms with Crippen LogP contribution in [0, 0.1) is 0 Å². The summed E-state index contributed by atoms with van der Waals surface area (Å²) in [5, 5.41) is 6.35. The Balaban J connectivity index is 1.85. The van der Waals surface area contributed by atoms with E-state index in [2.05, 4.69) is 34.3 Å². The second-order valence-corrected chi connectivity index (χ2v) is 8.27. The molecule has 2 fully saturated rings. The van der Waals surface area contributed by atoms with Gasteiger partial charge in [-0.25, -0.2) is 4.79 Å². The molecule has 156 valence electrons. The van der Waals surface area contributed by atoms with E-state index in [0.717, 1.165) is 64.9 Å². The molecule has 27 heavy (non-hydrogen) atoms. The molecule has 0 spiro atoms. The highest BCUT2D eigenvalue weighted by atomic mass is 16.6. The standard InChI is InChI=1S/C19H37N5O3/c1-6-20-17(21-13-15(2)23-9-11-26-12-10-23)24-8-7-16(14-24)22-18(25)27-19(3,4)5/h15-16H,6-14H2,1-5H3,(H,20,21)(H,22,25). The van der Waals surface area contributed by atoms with Crippen LogP contribution in [-0.2, 0) is 9.47 Å². The van der Waals surface area contributed by atoms with Crippen LogP contribution in [0.5, 0.6) is 0 Å². The van der Waals surface area contributed by atoms with Gasteiger partial charge in [0.2, 0.25) is 0 Å². The lowest BCUT2D eigenvalue weighted by Crippen LogP contribution is -2.46. The third-order valence-electron chi connectivity index (χ3n) is 4.72. The van der Waals surface area contributed by atoms with E-state index in [9.17, 15) is 4.79 Å². The van der Waals surface area contributed by atoms with Crippen molar-refractivity contribution in [3.63, 3.8) is 0 Å². The minimum atomic E-state index is -0.478. The van der Waals surface area contributed by atoms with Gasteiger partial charge in [-0.3, -0.25) is 9.89 Å². The lowest BCUT2D eigenvalue weighted by atomic mass is 10.2. The maximum Gasteiger partial charge on any atom is 0.407 e. The molecular formula is C19H37N5O3.